The van der Waals surface area contributed by atoms with Crippen LogP contribution in [-0.4, -0.2) is 21.9 Å². The second kappa shape index (κ2) is 4.78. The van der Waals surface area contributed by atoms with E-state index in [1.165, 1.54) is 0 Å². The van der Waals surface area contributed by atoms with Crippen LogP contribution in [0.5, 0.6) is 5.75 Å². The Labute approximate surface area is 107 Å². The maximum Gasteiger partial charge on any atom is 0.138 e. The molecule has 18 heavy (non-hydrogen) atoms. The molecule has 96 valence electrons. The van der Waals surface area contributed by atoms with Gasteiger partial charge >= 0.3 is 0 Å². The van der Waals surface area contributed by atoms with Crippen LogP contribution >= 0.6 is 0 Å². The highest BCUT2D eigenvalue weighted by molar-refractivity contribution is 5.31. The number of ether oxygens (including phenoxy) is 1. The topological polar surface area (TPSA) is 66.0 Å². The van der Waals surface area contributed by atoms with Crippen molar-refractivity contribution in [1.82, 2.24) is 14.8 Å². The minimum absolute atomic E-state index is 0.479. The second-order valence-electron chi connectivity index (χ2n) is 4.62. The van der Waals surface area contributed by atoms with E-state index in [1.807, 2.05) is 38.2 Å². The number of hydrogen-bond donors (Lipinski definition) is 1. The van der Waals surface area contributed by atoms with Crippen LogP contribution in [0.2, 0.25) is 0 Å². The lowest BCUT2D eigenvalue weighted by molar-refractivity contribution is 0.413. The molecule has 1 heterocycles. The lowest BCUT2D eigenvalue weighted by Gasteiger charge is -2.24. The quantitative estimate of drug-likeness (QED) is 0.881. The molecular formula is C13H18N4O. The van der Waals surface area contributed by atoms with Gasteiger partial charge in [0.1, 0.15) is 17.9 Å². The third-order valence-corrected chi connectivity index (χ3v) is 3.08. The zero-order valence-electron chi connectivity index (χ0n) is 10.9. The van der Waals surface area contributed by atoms with Gasteiger partial charge < -0.3 is 10.5 Å². The molecule has 0 aliphatic heterocycles. The van der Waals surface area contributed by atoms with Crippen LogP contribution in [0.25, 0.3) is 0 Å². The van der Waals surface area contributed by atoms with Gasteiger partial charge in [0.05, 0.1) is 7.11 Å². The van der Waals surface area contributed by atoms with Gasteiger partial charge in [-0.2, -0.15) is 5.10 Å². The zero-order valence-corrected chi connectivity index (χ0v) is 10.9. The Morgan fingerprint density at radius 3 is 2.50 bits per heavy atom. The van der Waals surface area contributed by atoms with Crippen molar-refractivity contribution in [2.45, 2.75) is 18.9 Å². The Balaban J connectivity index is 2.21. The molecule has 1 aromatic carbocycles. The molecule has 5 heteroatoms. The van der Waals surface area contributed by atoms with E-state index in [9.17, 15) is 0 Å². The molecule has 0 fully saturated rings. The van der Waals surface area contributed by atoms with Crippen LogP contribution in [0, 0.1) is 0 Å². The molecule has 0 saturated carbocycles. The van der Waals surface area contributed by atoms with Crippen LogP contribution in [0.4, 0.5) is 0 Å². The van der Waals surface area contributed by atoms with Gasteiger partial charge in [-0.25, -0.2) is 4.98 Å². The molecule has 1 aromatic heterocycles. The van der Waals surface area contributed by atoms with Crippen LogP contribution in [0.15, 0.2) is 30.6 Å². The van der Waals surface area contributed by atoms with Crippen LogP contribution < -0.4 is 10.5 Å². The summed E-state index contributed by atoms with van der Waals surface area (Å²) < 4.78 is 6.88. The first-order chi connectivity index (χ1) is 8.53. The summed E-state index contributed by atoms with van der Waals surface area (Å²) >= 11 is 0. The Morgan fingerprint density at radius 2 is 2.00 bits per heavy atom. The Kier molecular flexibility index (Phi) is 3.34. The first-order valence-corrected chi connectivity index (χ1v) is 5.79. The molecule has 2 aromatic rings. The Bertz CT molecular complexity index is 516. The van der Waals surface area contributed by atoms with Crippen molar-refractivity contribution >= 4 is 0 Å². The van der Waals surface area contributed by atoms with E-state index in [-0.39, 0.29) is 0 Å². The first-order valence-electron chi connectivity index (χ1n) is 5.79. The smallest absolute Gasteiger partial charge is 0.138 e. The van der Waals surface area contributed by atoms with Crippen molar-refractivity contribution in [1.29, 1.82) is 0 Å². The monoisotopic (exact) mass is 246 g/mol. The number of benzene rings is 1. The van der Waals surface area contributed by atoms with Crippen molar-refractivity contribution in [3.8, 4) is 5.75 Å². The summed E-state index contributed by atoms with van der Waals surface area (Å²) in [5, 5.41) is 4.05. The summed E-state index contributed by atoms with van der Waals surface area (Å²) in [6, 6.07) is 7.79. The minimum atomic E-state index is -0.479. The van der Waals surface area contributed by atoms with E-state index in [2.05, 4.69) is 10.1 Å². The van der Waals surface area contributed by atoms with Gasteiger partial charge in [0, 0.05) is 19.0 Å². The molecule has 0 amide bonds. The molecule has 0 spiro atoms. The number of aryl methyl sites for hydroxylation is 1. The molecule has 2 N–H and O–H groups in total. The third-order valence-electron chi connectivity index (χ3n) is 3.08. The number of nitrogens with two attached hydrogens (primary N) is 1. The van der Waals surface area contributed by atoms with Crippen molar-refractivity contribution in [2.24, 2.45) is 12.8 Å². The number of rotatable bonds is 4. The van der Waals surface area contributed by atoms with E-state index < -0.39 is 5.54 Å². The van der Waals surface area contributed by atoms with Crippen molar-refractivity contribution < 1.29 is 4.74 Å². The SMILES string of the molecule is COc1ccc(C(C)(N)Cc2ncnn2C)cc1. The van der Waals surface area contributed by atoms with E-state index >= 15 is 0 Å². The average Bonchev–Trinajstić information content (AvgIpc) is 2.74. The van der Waals surface area contributed by atoms with Gasteiger partial charge in [0.2, 0.25) is 0 Å². The van der Waals surface area contributed by atoms with E-state index in [1.54, 1.807) is 18.1 Å². The summed E-state index contributed by atoms with van der Waals surface area (Å²) in [6.45, 7) is 1.99. The fourth-order valence-electron chi connectivity index (χ4n) is 1.88. The minimum Gasteiger partial charge on any atom is -0.497 e. The van der Waals surface area contributed by atoms with E-state index in [0.29, 0.717) is 6.42 Å². The molecule has 0 bridgehead atoms. The second-order valence-corrected chi connectivity index (χ2v) is 4.62. The molecule has 1 atom stereocenters. The van der Waals surface area contributed by atoms with Crippen molar-refractivity contribution in [3.05, 3.63) is 42.0 Å². The highest BCUT2D eigenvalue weighted by Gasteiger charge is 2.23. The zero-order chi connectivity index (χ0) is 13.2. The number of nitrogens with zero attached hydrogens (tertiary/aromatic N) is 3. The molecule has 0 radical (unpaired) electrons. The summed E-state index contributed by atoms with van der Waals surface area (Å²) in [4.78, 5) is 4.21. The van der Waals surface area contributed by atoms with Gasteiger partial charge in [0.25, 0.3) is 0 Å². The lowest BCUT2D eigenvalue weighted by Crippen LogP contribution is -2.36. The lowest BCUT2D eigenvalue weighted by atomic mass is 9.89. The van der Waals surface area contributed by atoms with E-state index in [0.717, 1.165) is 17.1 Å². The van der Waals surface area contributed by atoms with Crippen molar-refractivity contribution in [3.63, 3.8) is 0 Å². The van der Waals surface area contributed by atoms with Gasteiger partial charge in [-0.15, -0.1) is 0 Å². The summed E-state index contributed by atoms with van der Waals surface area (Å²) in [7, 11) is 3.52. The fourth-order valence-corrected chi connectivity index (χ4v) is 1.88. The molecule has 0 aliphatic carbocycles. The predicted octanol–water partition coefficient (Wildman–Crippen LogP) is 1.24. The summed E-state index contributed by atoms with van der Waals surface area (Å²) in [6.07, 6.45) is 2.18. The summed E-state index contributed by atoms with van der Waals surface area (Å²) in [5.74, 6) is 1.70. The van der Waals surface area contributed by atoms with Gasteiger partial charge in [-0.05, 0) is 24.6 Å². The molecular weight excluding hydrogens is 228 g/mol. The normalized spacial score (nSPS) is 14.2. The number of hydrogen-bond acceptors (Lipinski definition) is 4. The largest absolute Gasteiger partial charge is 0.497 e. The highest BCUT2D eigenvalue weighted by atomic mass is 16.5. The van der Waals surface area contributed by atoms with Crippen molar-refractivity contribution in [2.75, 3.05) is 7.11 Å². The van der Waals surface area contributed by atoms with Crippen LogP contribution in [0.1, 0.15) is 18.3 Å². The third kappa shape index (κ3) is 2.51. The molecule has 0 aliphatic rings. The van der Waals surface area contributed by atoms with Crippen LogP contribution in [-0.2, 0) is 19.0 Å². The first kappa shape index (κ1) is 12.6. The number of aromatic nitrogens is 3. The maximum absolute atomic E-state index is 6.37. The fraction of sp³-hybridized carbons (Fsp3) is 0.385. The Hall–Kier alpha value is -1.88. The van der Waals surface area contributed by atoms with E-state index in [4.69, 9.17) is 10.5 Å². The van der Waals surface area contributed by atoms with Crippen LogP contribution in [0.3, 0.4) is 0 Å². The standard InChI is InChI=1S/C13H18N4O/c1-13(14,8-12-15-9-16-17(12)2)10-4-6-11(18-3)7-5-10/h4-7,9H,8,14H2,1-3H3. The predicted molar refractivity (Wildman–Crippen MR) is 69.2 cm³/mol. The average molecular weight is 246 g/mol. The van der Waals surface area contributed by atoms with Gasteiger partial charge in [-0.3, -0.25) is 4.68 Å². The molecule has 2 rings (SSSR count). The molecule has 1 unspecified atom stereocenters. The number of methoxy groups -OCH3 is 1. The molecule has 5 nitrogen and oxygen atoms in total. The molecule has 0 saturated heterocycles. The summed E-state index contributed by atoms with van der Waals surface area (Å²) in [5.41, 5.74) is 6.94. The maximum atomic E-state index is 6.37. The Morgan fingerprint density at radius 1 is 1.33 bits per heavy atom. The highest BCUT2D eigenvalue weighted by Crippen LogP contribution is 2.23. The van der Waals surface area contributed by atoms with Gasteiger partial charge in [0.15, 0.2) is 0 Å². The van der Waals surface area contributed by atoms with Gasteiger partial charge in [-0.1, -0.05) is 12.1 Å².